The highest BCUT2D eigenvalue weighted by Crippen LogP contribution is 2.21. The molecule has 0 radical (unpaired) electrons. The molecule has 0 aliphatic heterocycles. The molecule has 0 saturated heterocycles. The molecule has 7 heteroatoms. The molecule has 5 rings (SSSR count). The Bertz CT molecular complexity index is 1740. The summed E-state index contributed by atoms with van der Waals surface area (Å²) in [5, 5.41) is 4.81. The van der Waals surface area contributed by atoms with E-state index in [0.717, 1.165) is 28.7 Å². The zero-order valence-electron chi connectivity index (χ0n) is 22.4. The molecule has 5 aromatic rings. The number of thiophene rings is 1. The first-order chi connectivity index (χ1) is 18.8. The van der Waals surface area contributed by atoms with Gasteiger partial charge in [0.15, 0.2) is 0 Å². The van der Waals surface area contributed by atoms with Crippen molar-refractivity contribution >= 4 is 27.5 Å². The molecule has 1 N–H and O–H groups in total. The molecule has 0 unspecified atom stereocenters. The van der Waals surface area contributed by atoms with Gasteiger partial charge in [-0.05, 0) is 78.6 Å². The maximum absolute atomic E-state index is 13.8. The third-order valence-electron chi connectivity index (χ3n) is 7.05. The Morgan fingerprint density at radius 1 is 0.872 bits per heavy atom. The van der Waals surface area contributed by atoms with Crippen LogP contribution in [0.2, 0.25) is 0 Å². The smallest absolute Gasteiger partial charge is 0.336 e. The van der Waals surface area contributed by atoms with E-state index in [1.807, 2.05) is 41.8 Å². The van der Waals surface area contributed by atoms with E-state index < -0.39 is 0 Å². The Kier molecular flexibility index (Phi) is 7.61. The second-order valence-corrected chi connectivity index (χ2v) is 10.9. The third-order valence-corrected chi connectivity index (χ3v) is 7.94. The van der Waals surface area contributed by atoms with Gasteiger partial charge >= 0.3 is 5.69 Å². The van der Waals surface area contributed by atoms with Gasteiger partial charge in [0.05, 0.1) is 24.2 Å². The summed E-state index contributed by atoms with van der Waals surface area (Å²) >= 11 is 1.34. The molecule has 0 aliphatic carbocycles. The van der Waals surface area contributed by atoms with Gasteiger partial charge in [0, 0.05) is 6.54 Å². The molecular formula is C32H31N3O3S. The fraction of sp³-hybridized carbons (Fsp3) is 0.219. The van der Waals surface area contributed by atoms with E-state index in [1.165, 1.54) is 27.0 Å². The van der Waals surface area contributed by atoms with Gasteiger partial charge in [0.1, 0.15) is 4.70 Å². The second kappa shape index (κ2) is 11.3. The minimum Gasteiger partial charge on any atom is -0.355 e. The summed E-state index contributed by atoms with van der Waals surface area (Å²) in [7, 11) is 0. The number of amides is 1. The van der Waals surface area contributed by atoms with E-state index in [-0.39, 0.29) is 23.6 Å². The second-order valence-electron chi connectivity index (χ2n) is 9.95. The molecule has 0 saturated carbocycles. The van der Waals surface area contributed by atoms with Crippen LogP contribution in [0, 0.1) is 20.8 Å². The van der Waals surface area contributed by atoms with Crippen molar-refractivity contribution in [1.82, 2.24) is 14.5 Å². The summed E-state index contributed by atoms with van der Waals surface area (Å²) < 4.78 is 3.46. The van der Waals surface area contributed by atoms with Gasteiger partial charge in [-0.15, -0.1) is 11.3 Å². The molecule has 0 bridgehead atoms. The number of rotatable bonds is 8. The number of fused-ring (bicyclic) bond motifs is 1. The Morgan fingerprint density at radius 2 is 1.56 bits per heavy atom. The molecule has 3 aromatic carbocycles. The van der Waals surface area contributed by atoms with Crippen molar-refractivity contribution in [1.29, 1.82) is 0 Å². The molecule has 39 heavy (non-hydrogen) atoms. The summed E-state index contributed by atoms with van der Waals surface area (Å²) in [6.07, 6.45) is 0.998. The van der Waals surface area contributed by atoms with Crippen molar-refractivity contribution in [2.24, 2.45) is 0 Å². The van der Waals surface area contributed by atoms with Crippen molar-refractivity contribution in [2.45, 2.75) is 40.2 Å². The molecule has 198 valence electrons. The van der Waals surface area contributed by atoms with Crippen molar-refractivity contribution in [2.75, 3.05) is 6.54 Å². The van der Waals surface area contributed by atoms with E-state index in [9.17, 15) is 14.4 Å². The number of nitrogens with zero attached hydrogens (tertiary/aromatic N) is 2. The highest BCUT2D eigenvalue weighted by atomic mass is 32.1. The number of hydrogen-bond acceptors (Lipinski definition) is 4. The number of aromatic nitrogens is 2. The molecule has 6 nitrogen and oxygen atoms in total. The maximum atomic E-state index is 13.8. The number of hydrogen-bond donors (Lipinski definition) is 1. The number of carbonyl (C=O) groups excluding carboxylic acids is 1. The Labute approximate surface area is 231 Å². The lowest BCUT2D eigenvalue weighted by atomic mass is 10.00. The van der Waals surface area contributed by atoms with Gasteiger partial charge in [-0.2, -0.15) is 0 Å². The van der Waals surface area contributed by atoms with E-state index in [4.69, 9.17) is 0 Å². The lowest BCUT2D eigenvalue weighted by Gasteiger charge is -2.16. The summed E-state index contributed by atoms with van der Waals surface area (Å²) in [6, 6.07) is 23.2. The average Bonchev–Trinajstić information content (AvgIpc) is 3.40. The van der Waals surface area contributed by atoms with Gasteiger partial charge in [-0.3, -0.25) is 14.2 Å². The Morgan fingerprint density at radius 3 is 2.26 bits per heavy atom. The van der Waals surface area contributed by atoms with E-state index in [1.54, 1.807) is 28.8 Å². The number of nitrogens with one attached hydrogen (secondary N) is 1. The van der Waals surface area contributed by atoms with Gasteiger partial charge < -0.3 is 5.32 Å². The number of carbonyl (C=O) groups is 1. The largest absolute Gasteiger partial charge is 0.355 e. The minimum absolute atomic E-state index is 0.0675. The average molecular weight is 538 g/mol. The molecule has 2 aromatic heterocycles. The number of aryl methyl sites for hydroxylation is 3. The van der Waals surface area contributed by atoms with Crippen molar-refractivity contribution in [3.05, 3.63) is 132 Å². The molecule has 0 aliphatic rings. The lowest BCUT2D eigenvalue weighted by Crippen LogP contribution is -2.38. The molecule has 0 fully saturated rings. The fourth-order valence-electron chi connectivity index (χ4n) is 5.09. The standard InChI is InChI=1S/C32H31N3O3S/c1-21-17-22(2)27(23(3)18-21)20-34-28-14-16-39-30(28)31(37)35(32(34)38)26-11-9-25(10-12-26)19-29(36)33-15-13-24-7-5-4-6-8-24/h4-12,14,16-18H,13,15,19-20H2,1-3H3,(H,33,36). The van der Waals surface area contributed by atoms with E-state index in [0.29, 0.717) is 29.0 Å². The Hall–Kier alpha value is -4.23. The van der Waals surface area contributed by atoms with Gasteiger partial charge in [-0.1, -0.05) is 60.2 Å². The van der Waals surface area contributed by atoms with Crippen LogP contribution in [-0.2, 0) is 24.2 Å². The predicted octanol–water partition coefficient (Wildman–Crippen LogP) is 5.09. The molecule has 2 heterocycles. The maximum Gasteiger partial charge on any atom is 0.336 e. The first kappa shape index (κ1) is 26.4. The first-order valence-electron chi connectivity index (χ1n) is 13.0. The summed E-state index contributed by atoms with van der Waals surface area (Å²) in [4.78, 5) is 39.6. The molecular weight excluding hydrogens is 506 g/mol. The van der Waals surface area contributed by atoms with Crippen molar-refractivity contribution < 1.29 is 4.79 Å². The minimum atomic E-state index is -0.378. The third kappa shape index (κ3) is 5.64. The molecule has 1 amide bonds. The van der Waals surface area contributed by atoms with Crippen LogP contribution in [0.3, 0.4) is 0 Å². The quantitative estimate of drug-likeness (QED) is 0.300. The summed E-state index contributed by atoms with van der Waals surface area (Å²) in [5.41, 5.74) is 6.90. The van der Waals surface area contributed by atoms with Gasteiger partial charge in [-0.25, -0.2) is 9.36 Å². The predicted molar refractivity (Wildman–Crippen MR) is 158 cm³/mol. The highest BCUT2D eigenvalue weighted by molar-refractivity contribution is 7.17. The lowest BCUT2D eigenvalue weighted by molar-refractivity contribution is -0.120. The van der Waals surface area contributed by atoms with Crippen LogP contribution < -0.4 is 16.6 Å². The van der Waals surface area contributed by atoms with Crippen LogP contribution in [-0.4, -0.2) is 21.6 Å². The molecule has 0 atom stereocenters. The summed E-state index contributed by atoms with van der Waals surface area (Å²) in [6.45, 7) is 7.11. The number of benzene rings is 3. The van der Waals surface area contributed by atoms with Crippen LogP contribution in [0.15, 0.2) is 87.8 Å². The van der Waals surface area contributed by atoms with Crippen LogP contribution in [0.25, 0.3) is 15.9 Å². The highest BCUT2D eigenvalue weighted by Gasteiger charge is 2.17. The normalized spacial score (nSPS) is 11.2. The topological polar surface area (TPSA) is 73.1 Å². The van der Waals surface area contributed by atoms with E-state index in [2.05, 4.69) is 38.2 Å². The zero-order valence-corrected chi connectivity index (χ0v) is 23.2. The van der Waals surface area contributed by atoms with Gasteiger partial charge in [0.25, 0.3) is 5.56 Å². The van der Waals surface area contributed by atoms with Crippen LogP contribution in [0.4, 0.5) is 0 Å². The summed E-state index contributed by atoms with van der Waals surface area (Å²) in [5.74, 6) is -0.0675. The van der Waals surface area contributed by atoms with Gasteiger partial charge in [0.2, 0.25) is 5.91 Å². The van der Waals surface area contributed by atoms with Crippen LogP contribution in [0.5, 0.6) is 0 Å². The zero-order chi connectivity index (χ0) is 27.5. The van der Waals surface area contributed by atoms with E-state index >= 15 is 0 Å². The first-order valence-corrected chi connectivity index (χ1v) is 13.9. The van der Waals surface area contributed by atoms with Crippen LogP contribution in [0.1, 0.15) is 33.4 Å². The monoisotopic (exact) mass is 537 g/mol. The Balaban J connectivity index is 1.39. The molecule has 0 spiro atoms. The van der Waals surface area contributed by atoms with Crippen molar-refractivity contribution in [3.63, 3.8) is 0 Å². The van der Waals surface area contributed by atoms with Crippen molar-refractivity contribution in [3.8, 4) is 5.69 Å². The fourth-order valence-corrected chi connectivity index (χ4v) is 5.91. The van der Waals surface area contributed by atoms with Crippen LogP contribution >= 0.6 is 11.3 Å². The SMILES string of the molecule is Cc1cc(C)c(Cn2c(=O)n(-c3ccc(CC(=O)NCCc4ccccc4)cc3)c(=O)c3sccc32)c(C)c1.